The van der Waals surface area contributed by atoms with Gasteiger partial charge in [0, 0.05) is 16.0 Å². The van der Waals surface area contributed by atoms with Crippen LogP contribution in [0.2, 0.25) is 0 Å². The fourth-order valence-corrected chi connectivity index (χ4v) is 2.70. The van der Waals surface area contributed by atoms with Crippen molar-refractivity contribution < 1.29 is 4.79 Å². The summed E-state index contributed by atoms with van der Waals surface area (Å²) in [6.45, 7) is 6.14. The summed E-state index contributed by atoms with van der Waals surface area (Å²) in [6.07, 6.45) is 0.885. The molecule has 0 saturated heterocycles. The molecule has 74 valence electrons. The van der Waals surface area contributed by atoms with Crippen molar-refractivity contribution in [3.63, 3.8) is 0 Å². The molecule has 0 heterocycles. The number of rotatable bonds is 0. The second-order valence-electron chi connectivity index (χ2n) is 4.13. The van der Waals surface area contributed by atoms with Gasteiger partial charge in [0.05, 0.1) is 0 Å². The fraction of sp³-hybridized carbons (Fsp3) is 0.417. The molecule has 1 atom stereocenters. The van der Waals surface area contributed by atoms with E-state index >= 15 is 0 Å². The Balaban J connectivity index is 2.70. The summed E-state index contributed by atoms with van der Waals surface area (Å²) in [6, 6.07) is 2.03. The predicted molar refractivity (Wildman–Crippen MR) is 60.8 cm³/mol. The predicted octanol–water partition coefficient (Wildman–Crippen LogP) is 3.44. The van der Waals surface area contributed by atoms with Crippen LogP contribution in [0.5, 0.6) is 0 Å². The monoisotopic (exact) mass is 252 g/mol. The summed E-state index contributed by atoms with van der Waals surface area (Å²) < 4.78 is 1.13. The smallest absolute Gasteiger partial charge is 0.166 e. The molecular weight excluding hydrogens is 240 g/mol. The van der Waals surface area contributed by atoms with Gasteiger partial charge in [-0.1, -0.05) is 22.9 Å². The molecule has 0 saturated carbocycles. The second kappa shape index (κ2) is 3.20. The summed E-state index contributed by atoms with van der Waals surface area (Å²) in [4.78, 5) is 11.8. The fourth-order valence-electron chi connectivity index (χ4n) is 2.01. The third kappa shape index (κ3) is 1.24. The molecule has 0 fully saturated rings. The second-order valence-corrected chi connectivity index (χ2v) is 4.92. The molecule has 0 amide bonds. The van der Waals surface area contributed by atoms with E-state index in [1.54, 1.807) is 0 Å². The van der Waals surface area contributed by atoms with Crippen LogP contribution in [0.3, 0.4) is 0 Å². The van der Waals surface area contributed by atoms with Crippen molar-refractivity contribution in [1.29, 1.82) is 0 Å². The van der Waals surface area contributed by atoms with E-state index in [9.17, 15) is 4.79 Å². The van der Waals surface area contributed by atoms with Gasteiger partial charge >= 0.3 is 0 Å². The largest absolute Gasteiger partial charge is 0.294 e. The SMILES string of the molecule is Cc1cc2c(c(Br)c1C)CC(C)C2=O. The summed E-state index contributed by atoms with van der Waals surface area (Å²) >= 11 is 3.58. The highest BCUT2D eigenvalue weighted by Crippen LogP contribution is 2.35. The lowest BCUT2D eigenvalue weighted by Gasteiger charge is -2.08. The quantitative estimate of drug-likeness (QED) is 0.692. The summed E-state index contributed by atoms with van der Waals surface area (Å²) in [7, 11) is 0. The molecule has 1 aliphatic carbocycles. The van der Waals surface area contributed by atoms with Gasteiger partial charge in [-0.15, -0.1) is 0 Å². The van der Waals surface area contributed by atoms with Crippen molar-refractivity contribution in [1.82, 2.24) is 0 Å². The van der Waals surface area contributed by atoms with Gasteiger partial charge in [0.25, 0.3) is 0 Å². The van der Waals surface area contributed by atoms with Crippen LogP contribution in [-0.4, -0.2) is 5.78 Å². The van der Waals surface area contributed by atoms with Crippen LogP contribution < -0.4 is 0 Å². The van der Waals surface area contributed by atoms with Gasteiger partial charge in [0.1, 0.15) is 0 Å². The van der Waals surface area contributed by atoms with Crippen LogP contribution in [0.1, 0.15) is 34.0 Å². The van der Waals surface area contributed by atoms with Crippen molar-refractivity contribution in [2.45, 2.75) is 27.2 Å². The van der Waals surface area contributed by atoms with Crippen LogP contribution in [0.25, 0.3) is 0 Å². The maximum atomic E-state index is 11.8. The van der Waals surface area contributed by atoms with Crippen LogP contribution in [-0.2, 0) is 6.42 Å². The highest BCUT2D eigenvalue weighted by molar-refractivity contribution is 9.10. The molecule has 14 heavy (non-hydrogen) atoms. The van der Waals surface area contributed by atoms with Gasteiger partial charge in [-0.25, -0.2) is 0 Å². The molecule has 1 aromatic rings. The summed E-state index contributed by atoms with van der Waals surface area (Å²) in [5.41, 5.74) is 4.57. The molecule has 2 rings (SSSR count). The standard InChI is InChI=1S/C12H13BrO/c1-6-4-10-9(11(13)8(6)3)5-7(2)12(10)14/h4,7H,5H2,1-3H3. The van der Waals surface area contributed by atoms with E-state index in [1.165, 1.54) is 16.7 Å². The Kier molecular flexibility index (Phi) is 2.26. The van der Waals surface area contributed by atoms with E-state index in [4.69, 9.17) is 0 Å². The number of carbonyl (C=O) groups is 1. The molecular formula is C12H13BrO. The molecule has 1 aromatic carbocycles. The Bertz CT molecular complexity index is 421. The van der Waals surface area contributed by atoms with Crippen LogP contribution in [0.4, 0.5) is 0 Å². The third-order valence-corrected chi connectivity index (χ3v) is 4.17. The molecule has 0 N–H and O–H groups in total. The molecule has 1 nitrogen and oxygen atoms in total. The number of hydrogen-bond donors (Lipinski definition) is 0. The van der Waals surface area contributed by atoms with Gasteiger partial charge in [-0.3, -0.25) is 4.79 Å². The van der Waals surface area contributed by atoms with Crippen molar-refractivity contribution >= 4 is 21.7 Å². The van der Waals surface area contributed by atoms with Gasteiger partial charge in [0.15, 0.2) is 5.78 Å². The molecule has 2 heteroatoms. The first-order valence-corrected chi connectivity index (χ1v) is 5.64. The molecule has 0 bridgehead atoms. The van der Waals surface area contributed by atoms with Gasteiger partial charge in [0.2, 0.25) is 0 Å². The Morgan fingerprint density at radius 1 is 1.43 bits per heavy atom. The maximum Gasteiger partial charge on any atom is 0.166 e. The first kappa shape index (κ1) is 9.91. The average molecular weight is 253 g/mol. The van der Waals surface area contributed by atoms with E-state index in [0.29, 0.717) is 5.78 Å². The number of carbonyl (C=O) groups excluding carboxylic acids is 1. The highest BCUT2D eigenvalue weighted by Gasteiger charge is 2.29. The Morgan fingerprint density at radius 2 is 2.07 bits per heavy atom. The van der Waals surface area contributed by atoms with Crippen LogP contribution >= 0.6 is 15.9 Å². The van der Waals surface area contributed by atoms with Crippen LogP contribution in [0.15, 0.2) is 10.5 Å². The van der Waals surface area contributed by atoms with Gasteiger partial charge in [-0.2, -0.15) is 0 Å². The first-order chi connectivity index (χ1) is 6.52. The van der Waals surface area contributed by atoms with E-state index in [1.807, 2.05) is 13.0 Å². The summed E-state index contributed by atoms with van der Waals surface area (Å²) in [5, 5.41) is 0. The van der Waals surface area contributed by atoms with Crippen molar-refractivity contribution in [2.75, 3.05) is 0 Å². The number of ketones is 1. The zero-order valence-electron chi connectivity index (χ0n) is 8.65. The maximum absolute atomic E-state index is 11.8. The zero-order valence-corrected chi connectivity index (χ0v) is 10.2. The minimum atomic E-state index is 0.155. The number of Topliss-reactive ketones (excluding diaryl/α,β-unsaturated/α-hetero) is 1. The van der Waals surface area contributed by atoms with Gasteiger partial charge in [-0.05, 0) is 43.0 Å². The van der Waals surface area contributed by atoms with E-state index in [0.717, 1.165) is 16.5 Å². The number of aryl methyl sites for hydroxylation is 1. The highest BCUT2D eigenvalue weighted by atomic mass is 79.9. The van der Waals surface area contributed by atoms with Crippen LogP contribution in [0, 0.1) is 19.8 Å². The van der Waals surface area contributed by atoms with E-state index < -0.39 is 0 Å². The van der Waals surface area contributed by atoms with E-state index in [2.05, 4.69) is 29.8 Å². The molecule has 1 aliphatic rings. The molecule has 0 aromatic heterocycles. The summed E-state index contributed by atoms with van der Waals surface area (Å²) in [5.74, 6) is 0.450. The van der Waals surface area contributed by atoms with Crippen molar-refractivity contribution in [3.05, 3.63) is 32.8 Å². The number of fused-ring (bicyclic) bond motifs is 1. The normalized spacial score (nSPS) is 20.0. The topological polar surface area (TPSA) is 17.1 Å². The number of hydrogen-bond acceptors (Lipinski definition) is 1. The zero-order chi connectivity index (χ0) is 10.5. The minimum Gasteiger partial charge on any atom is -0.294 e. The first-order valence-electron chi connectivity index (χ1n) is 4.85. The van der Waals surface area contributed by atoms with Gasteiger partial charge < -0.3 is 0 Å². The molecule has 1 unspecified atom stereocenters. The van der Waals surface area contributed by atoms with Crippen molar-refractivity contribution in [2.24, 2.45) is 5.92 Å². The minimum absolute atomic E-state index is 0.155. The lowest BCUT2D eigenvalue weighted by atomic mass is 10.0. The Hall–Kier alpha value is -0.630. The molecule has 0 aliphatic heterocycles. The number of benzene rings is 1. The van der Waals surface area contributed by atoms with Crippen molar-refractivity contribution in [3.8, 4) is 0 Å². The molecule has 0 radical (unpaired) electrons. The Labute approximate surface area is 92.6 Å². The third-order valence-electron chi connectivity index (χ3n) is 3.10. The lowest BCUT2D eigenvalue weighted by Crippen LogP contribution is -2.03. The average Bonchev–Trinajstić information content (AvgIpc) is 2.42. The lowest BCUT2D eigenvalue weighted by molar-refractivity contribution is 0.0946. The van der Waals surface area contributed by atoms with E-state index in [-0.39, 0.29) is 5.92 Å². The number of halogens is 1. The molecule has 0 spiro atoms. The Morgan fingerprint density at radius 3 is 2.71 bits per heavy atom.